The van der Waals surface area contributed by atoms with Gasteiger partial charge in [-0.2, -0.15) is 0 Å². The van der Waals surface area contributed by atoms with Crippen molar-refractivity contribution in [1.82, 2.24) is 10.2 Å². The SMILES string of the molecule is O=C1CN(C(=O)c2ccccc2OCC2CCCO2)CCN1. The lowest BCUT2D eigenvalue weighted by Gasteiger charge is -2.27. The van der Waals surface area contributed by atoms with E-state index in [0.29, 0.717) is 31.0 Å². The van der Waals surface area contributed by atoms with Crippen molar-refractivity contribution in [3.8, 4) is 5.75 Å². The topological polar surface area (TPSA) is 67.9 Å². The van der Waals surface area contributed by atoms with Crippen molar-refractivity contribution in [3.63, 3.8) is 0 Å². The zero-order valence-corrected chi connectivity index (χ0v) is 12.4. The number of nitrogens with zero attached hydrogens (tertiary/aromatic N) is 1. The fraction of sp³-hybridized carbons (Fsp3) is 0.500. The molecular weight excluding hydrogens is 284 g/mol. The molecule has 6 heteroatoms. The second-order valence-electron chi connectivity index (χ2n) is 5.52. The number of carbonyl (C=O) groups excluding carboxylic acids is 2. The lowest BCUT2D eigenvalue weighted by Crippen LogP contribution is -2.50. The summed E-state index contributed by atoms with van der Waals surface area (Å²) in [4.78, 5) is 25.6. The highest BCUT2D eigenvalue weighted by atomic mass is 16.5. The van der Waals surface area contributed by atoms with Crippen LogP contribution in [0.2, 0.25) is 0 Å². The van der Waals surface area contributed by atoms with E-state index in [2.05, 4.69) is 5.32 Å². The minimum absolute atomic E-state index is 0.0961. The van der Waals surface area contributed by atoms with Gasteiger partial charge in [0.2, 0.25) is 5.91 Å². The van der Waals surface area contributed by atoms with E-state index in [1.807, 2.05) is 6.07 Å². The highest BCUT2D eigenvalue weighted by Gasteiger charge is 2.25. The summed E-state index contributed by atoms with van der Waals surface area (Å²) in [5.41, 5.74) is 0.496. The van der Waals surface area contributed by atoms with Crippen LogP contribution in [-0.4, -0.2) is 55.7 Å². The van der Waals surface area contributed by atoms with Crippen LogP contribution in [0.25, 0.3) is 0 Å². The molecule has 2 heterocycles. The molecule has 0 spiro atoms. The van der Waals surface area contributed by atoms with Crippen LogP contribution in [0.15, 0.2) is 24.3 Å². The number of nitrogens with one attached hydrogen (secondary N) is 1. The molecule has 2 saturated heterocycles. The molecule has 3 rings (SSSR count). The Morgan fingerprint density at radius 3 is 3.05 bits per heavy atom. The van der Waals surface area contributed by atoms with Crippen molar-refractivity contribution in [1.29, 1.82) is 0 Å². The van der Waals surface area contributed by atoms with Crippen molar-refractivity contribution in [3.05, 3.63) is 29.8 Å². The zero-order chi connectivity index (χ0) is 15.4. The van der Waals surface area contributed by atoms with Crippen molar-refractivity contribution >= 4 is 11.8 Å². The summed E-state index contributed by atoms with van der Waals surface area (Å²) in [5.74, 6) is 0.254. The van der Waals surface area contributed by atoms with E-state index in [1.54, 1.807) is 23.1 Å². The van der Waals surface area contributed by atoms with E-state index in [0.717, 1.165) is 19.4 Å². The number of benzene rings is 1. The summed E-state index contributed by atoms with van der Waals surface area (Å²) >= 11 is 0. The van der Waals surface area contributed by atoms with Crippen LogP contribution >= 0.6 is 0 Å². The lowest BCUT2D eigenvalue weighted by molar-refractivity contribution is -0.123. The maximum absolute atomic E-state index is 12.6. The van der Waals surface area contributed by atoms with Crippen LogP contribution in [0, 0.1) is 0 Å². The fourth-order valence-corrected chi connectivity index (χ4v) is 2.71. The summed E-state index contributed by atoms with van der Waals surface area (Å²) in [7, 11) is 0. The van der Waals surface area contributed by atoms with E-state index in [4.69, 9.17) is 9.47 Å². The largest absolute Gasteiger partial charge is 0.490 e. The summed E-state index contributed by atoms with van der Waals surface area (Å²) in [6.45, 7) is 2.33. The van der Waals surface area contributed by atoms with Gasteiger partial charge in [0, 0.05) is 19.7 Å². The molecule has 22 heavy (non-hydrogen) atoms. The normalized spacial score (nSPS) is 21.5. The first-order valence-corrected chi connectivity index (χ1v) is 7.63. The Bertz CT molecular complexity index is 555. The first-order chi connectivity index (χ1) is 10.7. The molecule has 0 aliphatic carbocycles. The molecule has 2 aliphatic rings. The van der Waals surface area contributed by atoms with Crippen LogP contribution in [0.3, 0.4) is 0 Å². The quantitative estimate of drug-likeness (QED) is 0.894. The van der Waals surface area contributed by atoms with Gasteiger partial charge in [0.25, 0.3) is 5.91 Å². The minimum Gasteiger partial charge on any atom is -0.490 e. The molecule has 1 N–H and O–H groups in total. The molecule has 0 aromatic heterocycles. The van der Waals surface area contributed by atoms with E-state index in [1.165, 1.54) is 0 Å². The van der Waals surface area contributed by atoms with Gasteiger partial charge in [0.05, 0.1) is 18.2 Å². The van der Waals surface area contributed by atoms with Crippen molar-refractivity contribution in [2.24, 2.45) is 0 Å². The fourth-order valence-electron chi connectivity index (χ4n) is 2.71. The zero-order valence-electron chi connectivity index (χ0n) is 12.4. The first-order valence-electron chi connectivity index (χ1n) is 7.63. The third kappa shape index (κ3) is 3.39. The smallest absolute Gasteiger partial charge is 0.258 e. The molecule has 2 fully saturated rings. The number of amides is 2. The standard InChI is InChI=1S/C16H20N2O4/c19-15-10-18(8-7-17-15)16(20)13-5-1-2-6-14(13)22-11-12-4-3-9-21-12/h1-2,5-6,12H,3-4,7-11H2,(H,17,19). The first kappa shape index (κ1) is 14.8. The highest BCUT2D eigenvalue weighted by Crippen LogP contribution is 2.22. The maximum atomic E-state index is 12.6. The highest BCUT2D eigenvalue weighted by molar-refractivity contribution is 5.99. The number of ether oxygens (including phenoxy) is 2. The molecule has 118 valence electrons. The van der Waals surface area contributed by atoms with Gasteiger partial charge in [-0.05, 0) is 25.0 Å². The Hall–Kier alpha value is -2.08. The lowest BCUT2D eigenvalue weighted by atomic mass is 10.1. The Kier molecular flexibility index (Phi) is 4.58. The van der Waals surface area contributed by atoms with E-state index >= 15 is 0 Å². The predicted octanol–water partition coefficient (Wildman–Crippen LogP) is 0.816. The molecule has 1 aromatic carbocycles. The number of rotatable bonds is 4. The van der Waals surface area contributed by atoms with E-state index < -0.39 is 0 Å². The Morgan fingerprint density at radius 2 is 2.27 bits per heavy atom. The molecule has 1 unspecified atom stereocenters. The second kappa shape index (κ2) is 6.79. The van der Waals surface area contributed by atoms with Crippen LogP contribution in [0.4, 0.5) is 0 Å². The average molecular weight is 304 g/mol. The summed E-state index contributed by atoms with van der Waals surface area (Å²) in [6, 6.07) is 7.16. The Labute approximate surface area is 129 Å². The number of para-hydroxylation sites is 1. The minimum atomic E-state index is -0.169. The molecule has 2 amide bonds. The van der Waals surface area contributed by atoms with Crippen molar-refractivity contribution in [2.45, 2.75) is 18.9 Å². The van der Waals surface area contributed by atoms with Crippen molar-refractivity contribution < 1.29 is 19.1 Å². The molecule has 1 atom stereocenters. The monoisotopic (exact) mass is 304 g/mol. The predicted molar refractivity (Wildman–Crippen MR) is 79.8 cm³/mol. The number of hydrogen-bond donors (Lipinski definition) is 1. The van der Waals surface area contributed by atoms with E-state index in [-0.39, 0.29) is 24.5 Å². The summed E-state index contributed by atoms with van der Waals surface area (Å²) < 4.78 is 11.3. The van der Waals surface area contributed by atoms with Gasteiger partial charge < -0.3 is 19.7 Å². The molecule has 6 nitrogen and oxygen atoms in total. The Balaban J connectivity index is 1.69. The molecule has 0 saturated carbocycles. The van der Waals surface area contributed by atoms with Gasteiger partial charge in [0.1, 0.15) is 12.4 Å². The molecule has 1 aromatic rings. The molecule has 0 radical (unpaired) electrons. The molecule has 0 bridgehead atoms. The van der Waals surface area contributed by atoms with Gasteiger partial charge in [-0.3, -0.25) is 9.59 Å². The Morgan fingerprint density at radius 1 is 1.41 bits per heavy atom. The number of piperazine rings is 1. The maximum Gasteiger partial charge on any atom is 0.258 e. The van der Waals surface area contributed by atoms with Crippen LogP contribution in [-0.2, 0) is 9.53 Å². The van der Waals surface area contributed by atoms with E-state index in [9.17, 15) is 9.59 Å². The van der Waals surface area contributed by atoms with Crippen LogP contribution < -0.4 is 10.1 Å². The van der Waals surface area contributed by atoms with Gasteiger partial charge in [0.15, 0.2) is 0 Å². The summed E-state index contributed by atoms with van der Waals surface area (Å²) in [6.07, 6.45) is 2.14. The average Bonchev–Trinajstić information content (AvgIpc) is 3.06. The number of hydrogen-bond acceptors (Lipinski definition) is 4. The van der Waals surface area contributed by atoms with Gasteiger partial charge in [-0.1, -0.05) is 12.1 Å². The number of carbonyl (C=O) groups is 2. The second-order valence-corrected chi connectivity index (χ2v) is 5.52. The van der Waals surface area contributed by atoms with Gasteiger partial charge in [-0.15, -0.1) is 0 Å². The van der Waals surface area contributed by atoms with Crippen molar-refractivity contribution in [2.75, 3.05) is 32.8 Å². The summed E-state index contributed by atoms with van der Waals surface area (Å²) in [5, 5.41) is 2.71. The molecular formula is C16H20N2O4. The van der Waals surface area contributed by atoms with Crippen LogP contribution in [0.5, 0.6) is 5.75 Å². The third-order valence-electron chi connectivity index (χ3n) is 3.89. The third-order valence-corrected chi connectivity index (χ3v) is 3.89. The molecule has 2 aliphatic heterocycles. The van der Waals surface area contributed by atoms with Gasteiger partial charge >= 0.3 is 0 Å². The van der Waals surface area contributed by atoms with Crippen LogP contribution in [0.1, 0.15) is 23.2 Å². The van der Waals surface area contributed by atoms with Gasteiger partial charge in [-0.25, -0.2) is 0 Å².